The second kappa shape index (κ2) is 12.4. The van der Waals surface area contributed by atoms with Gasteiger partial charge in [0.2, 0.25) is 5.91 Å². The van der Waals surface area contributed by atoms with Crippen LogP contribution in [0.3, 0.4) is 0 Å². The Morgan fingerprint density at radius 1 is 0.919 bits per heavy atom. The van der Waals surface area contributed by atoms with E-state index in [0.717, 1.165) is 22.4 Å². The van der Waals surface area contributed by atoms with Crippen molar-refractivity contribution in [3.8, 4) is 5.75 Å². The molecule has 1 aliphatic rings. The molecule has 3 aromatic rings. The molecule has 6 nitrogen and oxygen atoms in total. The van der Waals surface area contributed by atoms with Gasteiger partial charge in [-0.15, -0.1) is 0 Å². The minimum Gasteiger partial charge on any atom is -0.496 e. The van der Waals surface area contributed by atoms with E-state index in [1.807, 2.05) is 59.5 Å². The zero-order valence-corrected chi connectivity index (χ0v) is 21.1. The van der Waals surface area contributed by atoms with Crippen molar-refractivity contribution in [2.24, 2.45) is 0 Å². The number of carbonyl (C=O) groups is 2. The number of halogens is 1. The number of rotatable bonds is 9. The van der Waals surface area contributed by atoms with Gasteiger partial charge in [0.15, 0.2) is 0 Å². The summed E-state index contributed by atoms with van der Waals surface area (Å²) in [6.45, 7) is 1.40. The lowest BCUT2D eigenvalue weighted by Gasteiger charge is -2.41. The molecule has 0 radical (unpaired) electrons. The molecular weight excluding hydrogens is 471 g/mol. The van der Waals surface area contributed by atoms with Crippen molar-refractivity contribution in [2.45, 2.75) is 37.7 Å². The van der Waals surface area contributed by atoms with Crippen LogP contribution in [-0.2, 0) is 28.0 Å². The first-order chi connectivity index (χ1) is 18.0. The van der Waals surface area contributed by atoms with Crippen molar-refractivity contribution in [3.63, 3.8) is 0 Å². The predicted molar refractivity (Wildman–Crippen MR) is 140 cm³/mol. The molecule has 1 saturated heterocycles. The standard InChI is InChI=1S/C30H33FN2O4/c1-36-27-10-6-5-7-24(27)17-20-32-29(35)37-30(25-8-3-2-4-9-25)18-21-33(22-19-30)28(34)16-13-23-11-14-26(31)15-12-23/h2-12,14-15H,13,16-22H2,1H3,(H,32,35). The van der Waals surface area contributed by atoms with Crippen LogP contribution in [0.15, 0.2) is 78.9 Å². The number of nitrogens with zero attached hydrogens (tertiary/aromatic N) is 1. The summed E-state index contributed by atoms with van der Waals surface area (Å²) in [6, 6.07) is 23.7. The highest BCUT2D eigenvalue weighted by atomic mass is 19.1. The molecule has 4 rings (SSSR count). The molecule has 194 valence electrons. The van der Waals surface area contributed by atoms with Crippen LogP contribution in [-0.4, -0.2) is 43.6 Å². The van der Waals surface area contributed by atoms with Gasteiger partial charge in [0, 0.05) is 38.9 Å². The smallest absolute Gasteiger partial charge is 0.408 e. The quantitative estimate of drug-likeness (QED) is 0.432. The topological polar surface area (TPSA) is 67.9 Å². The molecule has 2 amide bonds. The summed E-state index contributed by atoms with van der Waals surface area (Å²) in [7, 11) is 1.63. The van der Waals surface area contributed by atoms with Crippen molar-refractivity contribution in [1.29, 1.82) is 0 Å². The summed E-state index contributed by atoms with van der Waals surface area (Å²) in [5, 5.41) is 2.88. The Morgan fingerprint density at radius 3 is 2.30 bits per heavy atom. The number of methoxy groups -OCH3 is 1. The van der Waals surface area contributed by atoms with Crippen LogP contribution in [0, 0.1) is 5.82 Å². The van der Waals surface area contributed by atoms with Gasteiger partial charge in [-0.3, -0.25) is 4.79 Å². The van der Waals surface area contributed by atoms with Crippen LogP contribution in [0.1, 0.15) is 36.0 Å². The monoisotopic (exact) mass is 504 g/mol. The number of amides is 2. The van der Waals surface area contributed by atoms with Crippen LogP contribution in [0.5, 0.6) is 5.75 Å². The first-order valence-corrected chi connectivity index (χ1v) is 12.7. The number of hydrogen-bond donors (Lipinski definition) is 1. The zero-order chi connectivity index (χ0) is 26.1. The van der Waals surface area contributed by atoms with Gasteiger partial charge < -0.3 is 19.7 Å². The second-order valence-corrected chi connectivity index (χ2v) is 9.25. The van der Waals surface area contributed by atoms with Crippen molar-refractivity contribution < 1.29 is 23.5 Å². The molecule has 1 N–H and O–H groups in total. The summed E-state index contributed by atoms with van der Waals surface area (Å²) < 4.78 is 24.6. The van der Waals surface area contributed by atoms with Gasteiger partial charge in [-0.1, -0.05) is 60.7 Å². The van der Waals surface area contributed by atoms with Crippen LogP contribution < -0.4 is 10.1 Å². The van der Waals surface area contributed by atoms with E-state index in [1.54, 1.807) is 19.2 Å². The molecule has 3 aromatic carbocycles. The van der Waals surface area contributed by atoms with Crippen molar-refractivity contribution in [2.75, 3.05) is 26.7 Å². The van der Waals surface area contributed by atoms with Gasteiger partial charge >= 0.3 is 6.09 Å². The van der Waals surface area contributed by atoms with E-state index < -0.39 is 11.7 Å². The van der Waals surface area contributed by atoms with Crippen LogP contribution in [0.25, 0.3) is 0 Å². The Labute approximate surface area is 217 Å². The Hall–Kier alpha value is -3.87. The maximum absolute atomic E-state index is 13.1. The maximum atomic E-state index is 13.1. The number of nitrogens with one attached hydrogen (secondary N) is 1. The molecule has 1 fully saturated rings. The number of para-hydroxylation sites is 1. The molecule has 0 unspecified atom stereocenters. The van der Waals surface area contributed by atoms with Gasteiger partial charge in [0.25, 0.3) is 0 Å². The fourth-order valence-corrected chi connectivity index (χ4v) is 4.79. The first-order valence-electron chi connectivity index (χ1n) is 12.7. The Morgan fingerprint density at radius 2 is 1.59 bits per heavy atom. The molecule has 7 heteroatoms. The number of hydrogen-bond acceptors (Lipinski definition) is 4. The molecular formula is C30H33FN2O4. The summed E-state index contributed by atoms with van der Waals surface area (Å²) in [6.07, 6.45) is 2.08. The number of piperidine rings is 1. The average molecular weight is 505 g/mol. The molecule has 0 spiro atoms. The van der Waals surface area contributed by atoms with Crippen LogP contribution >= 0.6 is 0 Å². The Balaban J connectivity index is 1.34. The van der Waals surface area contributed by atoms with Crippen molar-refractivity contribution in [3.05, 3.63) is 101 Å². The van der Waals surface area contributed by atoms with Gasteiger partial charge in [-0.2, -0.15) is 0 Å². The SMILES string of the molecule is COc1ccccc1CCNC(=O)OC1(c2ccccc2)CCN(C(=O)CCc2ccc(F)cc2)CC1. The largest absolute Gasteiger partial charge is 0.496 e. The van der Waals surface area contributed by atoms with Gasteiger partial charge in [0.1, 0.15) is 17.2 Å². The minimum atomic E-state index is -0.802. The predicted octanol–water partition coefficient (Wildman–Crippen LogP) is 5.25. The lowest BCUT2D eigenvalue weighted by molar-refractivity contribution is -0.135. The lowest BCUT2D eigenvalue weighted by atomic mass is 9.84. The molecule has 1 heterocycles. The van der Waals surface area contributed by atoms with Gasteiger partial charge in [0.05, 0.1) is 7.11 Å². The summed E-state index contributed by atoms with van der Waals surface area (Å²) >= 11 is 0. The number of ether oxygens (including phenoxy) is 2. The first kappa shape index (κ1) is 26.2. The van der Waals surface area contributed by atoms with E-state index in [-0.39, 0.29) is 11.7 Å². The minimum absolute atomic E-state index is 0.0484. The van der Waals surface area contributed by atoms with Crippen LogP contribution in [0.2, 0.25) is 0 Å². The fraction of sp³-hybridized carbons (Fsp3) is 0.333. The molecule has 37 heavy (non-hydrogen) atoms. The van der Waals surface area contributed by atoms with Gasteiger partial charge in [-0.25, -0.2) is 9.18 Å². The summed E-state index contributed by atoms with van der Waals surface area (Å²) in [5.41, 5.74) is 2.06. The molecule has 0 atom stereocenters. The molecule has 1 aliphatic heterocycles. The van der Waals surface area contributed by atoms with Crippen molar-refractivity contribution in [1.82, 2.24) is 10.2 Å². The molecule has 0 saturated carbocycles. The van der Waals surface area contributed by atoms with E-state index >= 15 is 0 Å². The third-order valence-electron chi connectivity index (χ3n) is 6.91. The molecule has 0 bridgehead atoms. The van der Waals surface area contributed by atoms with E-state index in [9.17, 15) is 14.0 Å². The van der Waals surface area contributed by atoms with E-state index in [1.165, 1.54) is 12.1 Å². The highest BCUT2D eigenvalue weighted by molar-refractivity contribution is 5.76. The normalized spacial score (nSPS) is 14.6. The molecule has 0 aliphatic carbocycles. The van der Waals surface area contributed by atoms with E-state index in [0.29, 0.717) is 51.7 Å². The van der Waals surface area contributed by atoms with Gasteiger partial charge in [-0.05, 0) is 47.7 Å². The third-order valence-corrected chi connectivity index (χ3v) is 6.91. The number of benzene rings is 3. The number of alkyl carbamates (subject to hydrolysis) is 1. The maximum Gasteiger partial charge on any atom is 0.408 e. The van der Waals surface area contributed by atoms with E-state index in [4.69, 9.17) is 9.47 Å². The average Bonchev–Trinajstić information content (AvgIpc) is 2.93. The lowest BCUT2D eigenvalue weighted by Crippen LogP contribution is -2.48. The summed E-state index contributed by atoms with van der Waals surface area (Å²) in [4.78, 5) is 27.5. The molecule has 0 aromatic heterocycles. The fourth-order valence-electron chi connectivity index (χ4n) is 4.79. The number of carbonyl (C=O) groups excluding carboxylic acids is 2. The highest BCUT2D eigenvalue weighted by Gasteiger charge is 2.40. The Bertz CT molecular complexity index is 1180. The van der Waals surface area contributed by atoms with Crippen molar-refractivity contribution >= 4 is 12.0 Å². The van der Waals surface area contributed by atoms with Crippen LogP contribution in [0.4, 0.5) is 9.18 Å². The Kier molecular flexibility index (Phi) is 8.77. The third kappa shape index (κ3) is 6.88. The summed E-state index contributed by atoms with van der Waals surface area (Å²) in [5.74, 6) is 0.550. The zero-order valence-electron chi connectivity index (χ0n) is 21.1. The second-order valence-electron chi connectivity index (χ2n) is 9.25. The highest BCUT2D eigenvalue weighted by Crippen LogP contribution is 2.37. The number of aryl methyl sites for hydroxylation is 1. The number of likely N-dealkylation sites (tertiary alicyclic amines) is 1. The van der Waals surface area contributed by atoms with E-state index in [2.05, 4.69) is 5.32 Å².